The molecule has 1 aromatic carbocycles. The Kier molecular flexibility index (Phi) is 16.9. The van der Waals surface area contributed by atoms with E-state index < -0.39 is 12.1 Å². The highest BCUT2D eigenvalue weighted by atomic mass is 16.2. The number of carbonyl (C=O) groups is 6. The Hall–Kier alpha value is -4.22. The highest BCUT2D eigenvalue weighted by Crippen LogP contribution is 2.11. The Labute approximate surface area is 248 Å². The molecule has 1 aliphatic heterocycles. The molecule has 0 spiro atoms. The van der Waals surface area contributed by atoms with Gasteiger partial charge in [0.1, 0.15) is 6.04 Å². The standard InChI is InChI=1S/C15H22N4O3.C15H24N2O3/c1-2-11-5-7-12(8-6-11)19-14(21)13(18-10-20)4-3-9-17-15(16)22;1-11(2)12(3)16-13(18)7-5-4-6-10-17-14(19)8-9-15(17)20/h5-8,10,13H,2-4,9H2,1H3,(H,18,20)(H,19,21)(H3,16,17,22);8-9,11-12H,4-7,10H2,1-3H3,(H,16,18)/t13-;/m0./s1. The SMILES string of the molecule is CC(C)C(C)NC(=O)CCCCCN1C(=O)C=CC1=O.CCc1ccc(NC(=O)[C@H](CCCNC(N)=O)NC=O)cc1. The molecule has 0 aliphatic carbocycles. The minimum Gasteiger partial charge on any atom is -0.353 e. The van der Waals surface area contributed by atoms with E-state index in [4.69, 9.17) is 5.73 Å². The van der Waals surface area contributed by atoms with Crippen molar-refractivity contribution in [1.82, 2.24) is 20.9 Å². The van der Waals surface area contributed by atoms with E-state index in [9.17, 15) is 28.8 Å². The van der Waals surface area contributed by atoms with Gasteiger partial charge in [-0.2, -0.15) is 0 Å². The number of urea groups is 1. The number of nitrogens with one attached hydrogen (secondary N) is 4. The zero-order chi connectivity index (χ0) is 31.5. The van der Waals surface area contributed by atoms with Crippen molar-refractivity contribution in [3.63, 3.8) is 0 Å². The van der Waals surface area contributed by atoms with Crippen LogP contribution in [0.2, 0.25) is 0 Å². The lowest BCUT2D eigenvalue weighted by molar-refractivity contribution is -0.137. The zero-order valence-corrected chi connectivity index (χ0v) is 25.1. The van der Waals surface area contributed by atoms with E-state index in [1.807, 2.05) is 31.2 Å². The molecule has 6 N–H and O–H groups in total. The van der Waals surface area contributed by atoms with Gasteiger partial charge in [0.15, 0.2) is 0 Å². The van der Waals surface area contributed by atoms with Gasteiger partial charge in [-0.05, 0) is 62.6 Å². The van der Waals surface area contributed by atoms with Crippen LogP contribution in [-0.4, -0.2) is 66.1 Å². The Morgan fingerprint density at radius 3 is 2.14 bits per heavy atom. The first kappa shape index (κ1) is 35.8. The van der Waals surface area contributed by atoms with Crippen LogP contribution in [0.15, 0.2) is 36.4 Å². The van der Waals surface area contributed by atoms with Gasteiger partial charge < -0.3 is 27.0 Å². The van der Waals surface area contributed by atoms with Gasteiger partial charge in [0, 0.05) is 43.4 Å². The Bertz CT molecular complexity index is 1050. The van der Waals surface area contributed by atoms with E-state index in [2.05, 4.69) is 42.0 Å². The lowest BCUT2D eigenvalue weighted by Crippen LogP contribution is -2.40. The molecule has 2 rings (SSSR count). The quantitative estimate of drug-likeness (QED) is 0.106. The summed E-state index contributed by atoms with van der Waals surface area (Å²) in [6.45, 7) is 8.99. The topological polar surface area (TPSA) is 180 Å². The fourth-order valence-electron chi connectivity index (χ4n) is 3.82. The molecule has 42 heavy (non-hydrogen) atoms. The lowest BCUT2D eigenvalue weighted by Gasteiger charge is -2.17. The number of nitrogens with zero attached hydrogens (tertiary/aromatic N) is 1. The molecule has 12 heteroatoms. The fraction of sp³-hybridized carbons (Fsp3) is 0.533. The molecular weight excluding hydrogens is 540 g/mol. The first-order valence-corrected chi connectivity index (χ1v) is 14.4. The van der Waals surface area contributed by atoms with E-state index in [0.29, 0.717) is 50.4 Å². The minimum absolute atomic E-state index is 0.0705. The van der Waals surface area contributed by atoms with Gasteiger partial charge in [-0.15, -0.1) is 0 Å². The molecule has 0 fully saturated rings. The molecular formula is C30H46N6O6. The molecule has 1 aliphatic rings. The first-order chi connectivity index (χ1) is 20.0. The molecule has 1 unspecified atom stereocenters. The molecule has 0 aromatic heterocycles. The molecule has 0 saturated heterocycles. The zero-order valence-electron chi connectivity index (χ0n) is 25.1. The molecule has 12 nitrogen and oxygen atoms in total. The molecule has 0 radical (unpaired) electrons. The van der Waals surface area contributed by atoms with Crippen LogP contribution in [0.25, 0.3) is 0 Å². The second-order valence-electron chi connectivity index (χ2n) is 10.4. The predicted molar refractivity (Wildman–Crippen MR) is 161 cm³/mol. The summed E-state index contributed by atoms with van der Waals surface area (Å²) in [4.78, 5) is 68.8. The van der Waals surface area contributed by atoms with Gasteiger partial charge in [0.2, 0.25) is 18.2 Å². The van der Waals surface area contributed by atoms with E-state index in [-0.39, 0.29) is 29.7 Å². The monoisotopic (exact) mass is 586 g/mol. The van der Waals surface area contributed by atoms with E-state index in [1.165, 1.54) is 22.6 Å². The van der Waals surface area contributed by atoms with Crippen LogP contribution >= 0.6 is 0 Å². The maximum Gasteiger partial charge on any atom is 0.312 e. The number of hydrogen-bond donors (Lipinski definition) is 5. The van der Waals surface area contributed by atoms with Gasteiger partial charge in [-0.1, -0.05) is 39.3 Å². The van der Waals surface area contributed by atoms with Crippen molar-refractivity contribution in [2.24, 2.45) is 11.7 Å². The molecule has 7 amide bonds. The third-order valence-corrected chi connectivity index (χ3v) is 6.76. The maximum absolute atomic E-state index is 12.1. The van der Waals surface area contributed by atoms with E-state index in [1.54, 1.807) is 0 Å². The van der Waals surface area contributed by atoms with Crippen molar-refractivity contribution in [3.8, 4) is 0 Å². The van der Waals surface area contributed by atoms with Gasteiger partial charge in [0.05, 0.1) is 0 Å². The highest BCUT2D eigenvalue weighted by molar-refractivity contribution is 6.12. The molecule has 0 bridgehead atoms. The maximum atomic E-state index is 12.1. The third kappa shape index (κ3) is 14.4. The number of nitrogens with two attached hydrogens (primary N) is 1. The molecule has 1 heterocycles. The summed E-state index contributed by atoms with van der Waals surface area (Å²) in [5.74, 6) is -0.271. The number of aryl methyl sites for hydroxylation is 1. The summed E-state index contributed by atoms with van der Waals surface area (Å²) < 4.78 is 0. The summed E-state index contributed by atoms with van der Waals surface area (Å²) >= 11 is 0. The third-order valence-electron chi connectivity index (χ3n) is 6.76. The number of anilines is 1. The Morgan fingerprint density at radius 1 is 0.952 bits per heavy atom. The van der Waals surface area contributed by atoms with Crippen LogP contribution in [0.4, 0.5) is 10.5 Å². The number of hydrogen-bond acceptors (Lipinski definition) is 6. The van der Waals surface area contributed by atoms with Crippen LogP contribution in [-0.2, 0) is 30.4 Å². The number of rotatable bonds is 17. The summed E-state index contributed by atoms with van der Waals surface area (Å²) in [6.07, 6.45) is 7.78. The lowest BCUT2D eigenvalue weighted by atomic mass is 10.1. The predicted octanol–water partition coefficient (Wildman–Crippen LogP) is 2.38. The number of amides is 7. The summed E-state index contributed by atoms with van der Waals surface area (Å²) in [7, 11) is 0. The van der Waals surface area contributed by atoms with Crippen LogP contribution < -0.4 is 27.0 Å². The number of unbranched alkanes of at least 4 members (excludes halogenated alkanes) is 2. The van der Waals surface area contributed by atoms with E-state index in [0.717, 1.165) is 25.7 Å². The fourth-order valence-corrected chi connectivity index (χ4v) is 3.82. The summed E-state index contributed by atoms with van der Waals surface area (Å²) in [6, 6.07) is 6.45. The van der Waals surface area contributed by atoms with Crippen LogP contribution in [0.3, 0.4) is 0 Å². The number of benzene rings is 1. The van der Waals surface area contributed by atoms with Crippen molar-refractivity contribution >= 4 is 41.8 Å². The van der Waals surface area contributed by atoms with Gasteiger partial charge in [0.25, 0.3) is 11.8 Å². The Morgan fingerprint density at radius 2 is 1.60 bits per heavy atom. The van der Waals surface area contributed by atoms with Gasteiger partial charge in [-0.25, -0.2) is 4.79 Å². The number of primary amides is 1. The van der Waals surface area contributed by atoms with Crippen molar-refractivity contribution in [2.45, 2.75) is 84.7 Å². The molecule has 2 atom stereocenters. The van der Waals surface area contributed by atoms with Crippen molar-refractivity contribution < 1.29 is 28.8 Å². The van der Waals surface area contributed by atoms with Crippen molar-refractivity contribution in [2.75, 3.05) is 18.4 Å². The van der Waals surface area contributed by atoms with Gasteiger partial charge >= 0.3 is 6.03 Å². The summed E-state index contributed by atoms with van der Waals surface area (Å²) in [5.41, 5.74) is 6.81. The van der Waals surface area contributed by atoms with Gasteiger partial charge in [-0.3, -0.25) is 28.9 Å². The van der Waals surface area contributed by atoms with E-state index >= 15 is 0 Å². The number of imide groups is 1. The summed E-state index contributed by atoms with van der Waals surface area (Å²) in [5, 5.41) is 10.6. The smallest absolute Gasteiger partial charge is 0.312 e. The average molecular weight is 587 g/mol. The molecule has 1 aromatic rings. The molecule has 0 saturated carbocycles. The Balaban J connectivity index is 0.000000422. The van der Waals surface area contributed by atoms with Crippen LogP contribution in [0.5, 0.6) is 0 Å². The first-order valence-electron chi connectivity index (χ1n) is 14.4. The average Bonchev–Trinajstić information content (AvgIpc) is 3.27. The molecule has 232 valence electrons. The largest absolute Gasteiger partial charge is 0.353 e. The van der Waals surface area contributed by atoms with Crippen molar-refractivity contribution in [3.05, 3.63) is 42.0 Å². The second-order valence-corrected chi connectivity index (χ2v) is 10.4. The van der Waals surface area contributed by atoms with Crippen molar-refractivity contribution in [1.29, 1.82) is 0 Å². The minimum atomic E-state index is -0.655. The second kappa shape index (κ2) is 19.8. The number of carbonyl (C=O) groups excluding carboxylic acids is 6. The normalized spacial score (nSPS) is 13.6. The van der Waals surface area contributed by atoms with Crippen LogP contribution in [0, 0.1) is 5.92 Å². The highest BCUT2D eigenvalue weighted by Gasteiger charge is 2.22. The van der Waals surface area contributed by atoms with Crippen LogP contribution in [0.1, 0.15) is 71.8 Å².